The Morgan fingerprint density at radius 1 is 1.18 bits per heavy atom. The Balaban J connectivity index is 1.61. The molecule has 214 valence electrons. The minimum atomic E-state index is -4.86. The summed E-state index contributed by atoms with van der Waals surface area (Å²) in [6, 6.07) is 0.167. The number of anilines is 1. The van der Waals surface area contributed by atoms with E-state index in [9.17, 15) is 34.8 Å². The zero-order chi connectivity index (χ0) is 27.9. The van der Waals surface area contributed by atoms with Crippen LogP contribution >= 0.6 is 7.60 Å². The van der Waals surface area contributed by atoms with Crippen LogP contribution in [-0.4, -0.2) is 105 Å². The minimum absolute atomic E-state index is 0.0323. The maximum atomic E-state index is 11.7. The third kappa shape index (κ3) is 6.11. The molecule has 38 heavy (non-hydrogen) atoms. The number of aromatic nitrogens is 4. The third-order valence-electron chi connectivity index (χ3n) is 6.73. The molecular formula is C22H36N5O10P. The summed E-state index contributed by atoms with van der Waals surface area (Å²) in [5, 5.41) is 46.9. The van der Waals surface area contributed by atoms with Gasteiger partial charge in [0, 0.05) is 6.04 Å². The van der Waals surface area contributed by atoms with Crippen LogP contribution in [0.5, 0.6) is 6.01 Å². The van der Waals surface area contributed by atoms with E-state index in [1.807, 2.05) is 0 Å². The van der Waals surface area contributed by atoms with Crippen molar-refractivity contribution in [3.05, 3.63) is 6.20 Å². The third-order valence-corrected chi connectivity index (χ3v) is 8.23. The Labute approximate surface area is 218 Å². The van der Waals surface area contributed by atoms with Gasteiger partial charge in [-0.2, -0.15) is 15.1 Å². The van der Waals surface area contributed by atoms with Gasteiger partial charge >= 0.3 is 13.6 Å². The number of aliphatic hydroxyl groups is 4. The van der Waals surface area contributed by atoms with E-state index < -0.39 is 56.3 Å². The molecule has 0 aromatic carbocycles. The van der Waals surface area contributed by atoms with Gasteiger partial charge in [0.1, 0.15) is 30.7 Å². The highest BCUT2D eigenvalue weighted by molar-refractivity contribution is 7.53. The standard InChI is InChI=1S/C22H36N5O10P/c1-21(2,31)11-35-20-25-17(24-12-6-4-5-7-12)13-8-23-27(18(13)26-20)19-16(30)15(29)14(37-19)9-36-22(3,10-28)38(32,33)34/h8,12,14-16,19,28-31H,4-7,9-11H2,1-3H3,(H,24,25,26)(H2,32,33,34)/t14-,15-,16-,19-,22?/m1/s1. The lowest BCUT2D eigenvalue weighted by molar-refractivity contribution is -0.104. The van der Waals surface area contributed by atoms with Gasteiger partial charge in [0.25, 0.3) is 0 Å². The molecule has 2 aliphatic rings. The van der Waals surface area contributed by atoms with Crippen molar-refractivity contribution in [1.82, 2.24) is 19.7 Å². The Morgan fingerprint density at radius 2 is 1.87 bits per heavy atom. The minimum Gasteiger partial charge on any atom is -0.460 e. The SMILES string of the molecule is CC(C)(O)COc1nc(NC2CCCC2)c2cnn([C@@H]3O[C@H](COC(C)(CO)P(=O)(O)O)[C@@H](O)[C@H]3O)c2n1. The first kappa shape index (κ1) is 29.1. The summed E-state index contributed by atoms with van der Waals surface area (Å²) in [6.45, 7) is 2.60. The molecule has 5 atom stereocenters. The summed E-state index contributed by atoms with van der Waals surface area (Å²) in [7, 11) is -4.86. The van der Waals surface area contributed by atoms with Crippen LogP contribution in [0.2, 0.25) is 0 Å². The molecule has 2 aromatic rings. The fourth-order valence-electron chi connectivity index (χ4n) is 4.32. The largest absolute Gasteiger partial charge is 0.460 e. The van der Waals surface area contributed by atoms with Crippen LogP contribution in [0, 0.1) is 0 Å². The van der Waals surface area contributed by atoms with Crippen LogP contribution in [0.4, 0.5) is 5.82 Å². The average Bonchev–Trinajstić information content (AvgIpc) is 3.56. The maximum absolute atomic E-state index is 11.7. The first-order valence-corrected chi connectivity index (χ1v) is 14.0. The predicted octanol–water partition coefficient (Wildman–Crippen LogP) is -0.147. The fraction of sp³-hybridized carbons (Fsp3) is 0.773. The highest BCUT2D eigenvalue weighted by atomic mass is 31.2. The van der Waals surface area contributed by atoms with E-state index >= 15 is 0 Å². The Kier molecular flexibility index (Phi) is 8.34. The maximum Gasteiger partial charge on any atom is 0.359 e. The molecule has 1 saturated carbocycles. The number of hydrogen-bond acceptors (Lipinski definition) is 12. The monoisotopic (exact) mass is 561 g/mol. The second-order valence-electron chi connectivity index (χ2n) is 10.6. The lowest BCUT2D eigenvalue weighted by atomic mass is 10.1. The predicted molar refractivity (Wildman–Crippen MR) is 132 cm³/mol. The van der Waals surface area contributed by atoms with Crippen LogP contribution < -0.4 is 10.1 Å². The first-order chi connectivity index (χ1) is 17.7. The van der Waals surface area contributed by atoms with Crippen LogP contribution in [0.1, 0.15) is 52.7 Å². The number of aliphatic hydroxyl groups excluding tert-OH is 3. The molecule has 2 fully saturated rings. The second kappa shape index (κ2) is 10.9. The Morgan fingerprint density at radius 3 is 2.47 bits per heavy atom. The van der Waals surface area contributed by atoms with Gasteiger partial charge in [-0.05, 0) is 33.6 Å². The van der Waals surface area contributed by atoms with Crippen molar-refractivity contribution in [2.45, 2.75) is 88.0 Å². The highest BCUT2D eigenvalue weighted by Gasteiger charge is 2.48. The quantitative estimate of drug-likeness (QED) is 0.177. The molecule has 3 heterocycles. The number of fused-ring (bicyclic) bond motifs is 1. The van der Waals surface area contributed by atoms with Crippen LogP contribution in [-0.2, 0) is 14.0 Å². The molecule has 15 nitrogen and oxygen atoms in total. The second-order valence-corrected chi connectivity index (χ2v) is 12.7. The van der Waals surface area contributed by atoms with Gasteiger partial charge in [0.05, 0.1) is 30.4 Å². The van der Waals surface area contributed by atoms with E-state index in [2.05, 4.69) is 20.4 Å². The van der Waals surface area contributed by atoms with Gasteiger partial charge in [-0.3, -0.25) is 4.57 Å². The lowest BCUT2D eigenvalue weighted by Gasteiger charge is -2.29. The average molecular weight is 562 g/mol. The number of hydrogen-bond donors (Lipinski definition) is 7. The van der Waals surface area contributed by atoms with Crippen molar-refractivity contribution in [2.24, 2.45) is 0 Å². The molecular weight excluding hydrogens is 525 g/mol. The molecule has 0 bridgehead atoms. The summed E-state index contributed by atoms with van der Waals surface area (Å²) in [6.07, 6.45) is 0.195. The van der Waals surface area contributed by atoms with E-state index in [0.717, 1.165) is 32.6 Å². The van der Waals surface area contributed by atoms with Crippen LogP contribution in [0.15, 0.2) is 6.20 Å². The number of nitrogens with one attached hydrogen (secondary N) is 1. The molecule has 7 N–H and O–H groups in total. The van der Waals surface area contributed by atoms with Crippen molar-refractivity contribution >= 4 is 24.4 Å². The molecule has 2 aromatic heterocycles. The number of rotatable bonds is 11. The van der Waals surface area contributed by atoms with Crippen molar-refractivity contribution in [2.75, 3.05) is 25.1 Å². The van der Waals surface area contributed by atoms with Crippen LogP contribution in [0.3, 0.4) is 0 Å². The molecule has 1 unspecified atom stereocenters. The topological polar surface area (TPSA) is 222 Å². The number of nitrogens with zero attached hydrogens (tertiary/aromatic N) is 4. The summed E-state index contributed by atoms with van der Waals surface area (Å²) >= 11 is 0. The Bertz CT molecular complexity index is 1160. The molecule has 0 spiro atoms. The summed E-state index contributed by atoms with van der Waals surface area (Å²) in [5.41, 5.74) is -0.907. The van der Waals surface area contributed by atoms with Gasteiger partial charge < -0.3 is 49.7 Å². The van der Waals surface area contributed by atoms with E-state index in [1.165, 1.54) is 10.9 Å². The fourth-order valence-corrected chi connectivity index (χ4v) is 4.75. The summed E-state index contributed by atoms with van der Waals surface area (Å²) < 4.78 is 29.7. The van der Waals surface area contributed by atoms with E-state index in [1.54, 1.807) is 13.8 Å². The van der Waals surface area contributed by atoms with E-state index in [0.29, 0.717) is 11.2 Å². The highest BCUT2D eigenvalue weighted by Crippen LogP contribution is 2.51. The summed E-state index contributed by atoms with van der Waals surface area (Å²) in [5.74, 6) is 0.465. The molecule has 1 aliphatic heterocycles. The van der Waals surface area contributed by atoms with Gasteiger partial charge in [-0.1, -0.05) is 12.8 Å². The smallest absolute Gasteiger partial charge is 0.359 e. The first-order valence-electron chi connectivity index (χ1n) is 12.4. The molecule has 1 saturated heterocycles. The molecule has 4 rings (SSSR count). The van der Waals surface area contributed by atoms with Crippen molar-refractivity contribution < 1.29 is 49.0 Å². The lowest BCUT2D eigenvalue weighted by Crippen LogP contribution is -2.39. The molecule has 0 amide bonds. The van der Waals surface area contributed by atoms with Gasteiger partial charge in [0.15, 0.2) is 17.2 Å². The van der Waals surface area contributed by atoms with Gasteiger partial charge in [-0.15, -0.1) is 0 Å². The number of ether oxygens (including phenoxy) is 3. The van der Waals surface area contributed by atoms with E-state index in [4.69, 9.17) is 14.2 Å². The summed E-state index contributed by atoms with van der Waals surface area (Å²) in [4.78, 5) is 27.9. The molecule has 1 aliphatic carbocycles. The Hall–Kier alpha value is -1.94. The van der Waals surface area contributed by atoms with Crippen molar-refractivity contribution in [1.29, 1.82) is 0 Å². The van der Waals surface area contributed by atoms with Gasteiger partial charge in [0.2, 0.25) is 0 Å². The molecule has 0 radical (unpaired) electrons. The van der Waals surface area contributed by atoms with E-state index in [-0.39, 0.29) is 24.3 Å². The van der Waals surface area contributed by atoms with Crippen molar-refractivity contribution in [3.63, 3.8) is 0 Å². The van der Waals surface area contributed by atoms with Crippen molar-refractivity contribution in [3.8, 4) is 6.01 Å². The van der Waals surface area contributed by atoms with Crippen LogP contribution in [0.25, 0.3) is 11.0 Å². The normalized spacial score (nSPS) is 26.7. The van der Waals surface area contributed by atoms with Gasteiger partial charge in [-0.25, -0.2) is 4.68 Å². The zero-order valence-electron chi connectivity index (χ0n) is 21.5. The zero-order valence-corrected chi connectivity index (χ0v) is 22.4. The molecule has 16 heteroatoms.